The molecule has 32 heavy (non-hydrogen) atoms. The number of para-hydroxylation sites is 1. The highest BCUT2D eigenvalue weighted by Gasteiger charge is 2.28. The number of aryl methyl sites for hydroxylation is 1. The van der Waals surface area contributed by atoms with Gasteiger partial charge in [0.25, 0.3) is 0 Å². The molecule has 0 aromatic heterocycles. The third-order valence-electron chi connectivity index (χ3n) is 5.82. The van der Waals surface area contributed by atoms with Gasteiger partial charge in [-0.25, -0.2) is 0 Å². The van der Waals surface area contributed by atoms with Crippen LogP contribution in [0.4, 0.5) is 5.69 Å². The standard InChI is InChI=1S/C24H39N5O3/c1-6-20-9-7-8-10-21(20)26-23(31)16-27(5)24(32)19(4)29-13-11-28(12-14-29)17-22(30)25-15-18(2)3/h7-10,18-19H,6,11-17H2,1-5H3,(H,25,30)(H,26,31). The summed E-state index contributed by atoms with van der Waals surface area (Å²) in [4.78, 5) is 43.1. The van der Waals surface area contributed by atoms with Crippen LogP contribution in [0, 0.1) is 5.92 Å². The average molecular weight is 446 g/mol. The van der Waals surface area contributed by atoms with Crippen LogP contribution in [0.1, 0.15) is 33.3 Å². The Balaban J connectivity index is 1.78. The number of nitrogens with zero attached hydrogens (tertiary/aromatic N) is 3. The van der Waals surface area contributed by atoms with Crippen LogP contribution in [0.25, 0.3) is 0 Å². The first-order valence-electron chi connectivity index (χ1n) is 11.6. The van der Waals surface area contributed by atoms with Crippen LogP contribution in [0.3, 0.4) is 0 Å². The molecule has 0 bridgehead atoms. The maximum atomic E-state index is 12.9. The van der Waals surface area contributed by atoms with E-state index in [1.54, 1.807) is 7.05 Å². The maximum Gasteiger partial charge on any atom is 0.243 e. The van der Waals surface area contributed by atoms with Crippen molar-refractivity contribution in [2.24, 2.45) is 5.92 Å². The van der Waals surface area contributed by atoms with Crippen molar-refractivity contribution in [3.05, 3.63) is 29.8 Å². The van der Waals surface area contributed by atoms with Crippen molar-refractivity contribution in [3.63, 3.8) is 0 Å². The van der Waals surface area contributed by atoms with Gasteiger partial charge in [-0.2, -0.15) is 0 Å². The van der Waals surface area contributed by atoms with Gasteiger partial charge in [0, 0.05) is 45.5 Å². The molecule has 2 N–H and O–H groups in total. The van der Waals surface area contributed by atoms with Crippen LogP contribution < -0.4 is 10.6 Å². The topological polar surface area (TPSA) is 85.0 Å². The summed E-state index contributed by atoms with van der Waals surface area (Å²) in [6.07, 6.45) is 0.827. The second-order valence-corrected chi connectivity index (χ2v) is 8.94. The zero-order chi connectivity index (χ0) is 23.7. The van der Waals surface area contributed by atoms with Crippen molar-refractivity contribution in [2.45, 2.75) is 40.2 Å². The molecule has 1 heterocycles. The van der Waals surface area contributed by atoms with Gasteiger partial charge in [-0.3, -0.25) is 24.2 Å². The predicted molar refractivity (Wildman–Crippen MR) is 127 cm³/mol. The van der Waals surface area contributed by atoms with E-state index in [0.29, 0.717) is 32.1 Å². The fraction of sp³-hybridized carbons (Fsp3) is 0.625. The molecular weight excluding hydrogens is 406 g/mol. The summed E-state index contributed by atoms with van der Waals surface area (Å²) in [5, 5.41) is 5.86. The average Bonchev–Trinajstić information content (AvgIpc) is 2.77. The maximum absolute atomic E-state index is 12.9. The van der Waals surface area contributed by atoms with Crippen molar-refractivity contribution < 1.29 is 14.4 Å². The van der Waals surface area contributed by atoms with Crippen LogP contribution in [-0.2, 0) is 20.8 Å². The Bertz CT molecular complexity index is 775. The number of piperazine rings is 1. The minimum absolute atomic E-state index is 0.0111. The highest BCUT2D eigenvalue weighted by molar-refractivity contribution is 5.95. The van der Waals surface area contributed by atoms with Crippen LogP contribution in [0.15, 0.2) is 24.3 Å². The van der Waals surface area contributed by atoms with E-state index < -0.39 is 0 Å². The van der Waals surface area contributed by atoms with Gasteiger partial charge in [0.05, 0.1) is 19.1 Å². The number of benzene rings is 1. The summed E-state index contributed by atoms with van der Waals surface area (Å²) in [6.45, 7) is 12.1. The molecule has 1 saturated heterocycles. The van der Waals surface area contributed by atoms with E-state index in [-0.39, 0.29) is 30.3 Å². The van der Waals surface area contributed by atoms with Crippen LogP contribution >= 0.6 is 0 Å². The summed E-state index contributed by atoms with van der Waals surface area (Å²) in [5.74, 6) is 0.202. The van der Waals surface area contributed by atoms with E-state index in [4.69, 9.17) is 0 Å². The zero-order valence-corrected chi connectivity index (χ0v) is 20.2. The number of amides is 3. The number of anilines is 1. The number of carbonyl (C=O) groups is 3. The van der Waals surface area contributed by atoms with Gasteiger partial charge in [0.2, 0.25) is 17.7 Å². The quantitative estimate of drug-likeness (QED) is 0.569. The fourth-order valence-electron chi connectivity index (χ4n) is 3.79. The number of rotatable bonds is 10. The largest absolute Gasteiger partial charge is 0.355 e. The van der Waals surface area contributed by atoms with E-state index in [1.807, 2.05) is 38.1 Å². The van der Waals surface area contributed by atoms with Gasteiger partial charge < -0.3 is 15.5 Å². The van der Waals surface area contributed by atoms with E-state index >= 15 is 0 Å². The molecule has 3 amide bonds. The van der Waals surface area contributed by atoms with Crippen LogP contribution in [0.5, 0.6) is 0 Å². The highest BCUT2D eigenvalue weighted by Crippen LogP contribution is 2.15. The third-order valence-corrected chi connectivity index (χ3v) is 5.82. The lowest BCUT2D eigenvalue weighted by molar-refractivity contribution is -0.138. The third kappa shape index (κ3) is 7.91. The van der Waals surface area contributed by atoms with Gasteiger partial charge in [-0.15, -0.1) is 0 Å². The van der Waals surface area contributed by atoms with Crippen molar-refractivity contribution in [3.8, 4) is 0 Å². The second-order valence-electron chi connectivity index (χ2n) is 8.94. The number of hydrogen-bond donors (Lipinski definition) is 2. The Morgan fingerprint density at radius 1 is 1.03 bits per heavy atom. The van der Waals surface area contributed by atoms with Gasteiger partial charge in [-0.05, 0) is 30.9 Å². The SMILES string of the molecule is CCc1ccccc1NC(=O)CN(C)C(=O)C(C)N1CCN(CC(=O)NCC(C)C)CC1. The summed E-state index contributed by atoms with van der Waals surface area (Å²) in [7, 11) is 1.67. The molecule has 1 aliphatic heterocycles. The van der Waals surface area contributed by atoms with E-state index in [1.165, 1.54) is 4.90 Å². The van der Waals surface area contributed by atoms with Gasteiger partial charge in [0.15, 0.2) is 0 Å². The molecule has 0 spiro atoms. The lowest BCUT2D eigenvalue weighted by Gasteiger charge is -2.38. The fourth-order valence-corrected chi connectivity index (χ4v) is 3.79. The Kier molecular flexibility index (Phi) is 10.1. The Hall–Kier alpha value is -2.45. The first kappa shape index (κ1) is 25.8. The van der Waals surface area contributed by atoms with Gasteiger partial charge >= 0.3 is 0 Å². The molecule has 0 aliphatic carbocycles. The first-order chi connectivity index (χ1) is 15.2. The smallest absolute Gasteiger partial charge is 0.243 e. The minimum Gasteiger partial charge on any atom is -0.355 e. The van der Waals surface area contributed by atoms with E-state index in [0.717, 1.165) is 30.8 Å². The molecule has 0 radical (unpaired) electrons. The monoisotopic (exact) mass is 445 g/mol. The summed E-state index contributed by atoms with van der Waals surface area (Å²) < 4.78 is 0. The molecule has 1 aromatic rings. The second kappa shape index (κ2) is 12.6. The molecule has 1 fully saturated rings. The molecule has 8 heteroatoms. The Morgan fingerprint density at radius 3 is 2.31 bits per heavy atom. The first-order valence-corrected chi connectivity index (χ1v) is 11.6. The minimum atomic E-state index is -0.312. The Labute approximate surface area is 192 Å². The van der Waals surface area contributed by atoms with Crippen LogP contribution in [0.2, 0.25) is 0 Å². The van der Waals surface area contributed by atoms with E-state index in [9.17, 15) is 14.4 Å². The molecule has 1 aromatic carbocycles. The summed E-state index contributed by atoms with van der Waals surface area (Å²) in [5.41, 5.74) is 1.86. The van der Waals surface area contributed by atoms with Crippen molar-refractivity contribution >= 4 is 23.4 Å². The lowest BCUT2D eigenvalue weighted by atomic mass is 10.1. The number of carbonyl (C=O) groups excluding carboxylic acids is 3. The zero-order valence-electron chi connectivity index (χ0n) is 20.2. The van der Waals surface area contributed by atoms with Crippen LogP contribution in [-0.4, -0.2) is 91.3 Å². The normalized spacial score (nSPS) is 15.9. The van der Waals surface area contributed by atoms with Gasteiger partial charge in [-0.1, -0.05) is 39.0 Å². The van der Waals surface area contributed by atoms with Gasteiger partial charge in [0.1, 0.15) is 0 Å². The number of likely N-dealkylation sites (N-methyl/N-ethyl adjacent to an activating group) is 1. The molecule has 1 atom stereocenters. The molecule has 1 aliphatic rings. The van der Waals surface area contributed by atoms with E-state index in [2.05, 4.69) is 34.3 Å². The molecule has 8 nitrogen and oxygen atoms in total. The van der Waals surface area contributed by atoms with Crippen molar-refractivity contribution in [1.29, 1.82) is 0 Å². The molecule has 1 unspecified atom stereocenters. The summed E-state index contributed by atoms with van der Waals surface area (Å²) >= 11 is 0. The number of hydrogen-bond acceptors (Lipinski definition) is 5. The Morgan fingerprint density at radius 2 is 1.69 bits per heavy atom. The highest BCUT2D eigenvalue weighted by atomic mass is 16.2. The number of nitrogens with one attached hydrogen (secondary N) is 2. The molecular formula is C24H39N5O3. The molecule has 0 saturated carbocycles. The molecule has 178 valence electrons. The summed E-state index contributed by atoms with van der Waals surface area (Å²) in [6, 6.07) is 7.39. The van der Waals surface area contributed by atoms with Crippen molar-refractivity contribution in [2.75, 3.05) is 58.2 Å². The lowest BCUT2D eigenvalue weighted by Crippen LogP contribution is -2.55. The predicted octanol–water partition coefficient (Wildman–Crippen LogP) is 1.42. The van der Waals surface area contributed by atoms with Crippen molar-refractivity contribution in [1.82, 2.24) is 20.0 Å². The molecule has 2 rings (SSSR count).